The van der Waals surface area contributed by atoms with Crippen LogP contribution in [0.4, 0.5) is 0 Å². The van der Waals surface area contributed by atoms with Gasteiger partial charge in [0.05, 0.1) is 17.1 Å². The zero-order chi connectivity index (χ0) is 23.1. The Morgan fingerprint density at radius 2 is 1.62 bits per heavy atom. The fourth-order valence-corrected chi connectivity index (χ4v) is 7.92. The number of benzene rings is 2. The van der Waals surface area contributed by atoms with Crippen LogP contribution in [0.5, 0.6) is 0 Å². The molecule has 4 nitrogen and oxygen atoms in total. The fourth-order valence-electron chi connectivity index (χ4n) is 6.24. The molecule has 4 rings (SSSR count). The van der Waals surface area contributed by atoms with Crippen molar-refractivity contribution in [2.24, 2.45) is 22.7 Å². The van der Waals surface area contributed by atoms with Crippen LogP contribution in [0.2, 0.25) is 0 Å². The number of fused-ring (bicyclic) bond motifs is 2. The number of esters is 1. The number of carbonyl (C=O) groups excluding carboxylic acids is 1. The van der Waals surface area contributed by atoms with Crippen molar-refractivity contribution in [1.82, 2.24) is 0 Å². The molecule has 2 bridgehead atoms. The van der Waals surface area contributed by atoms with Gasteiger partial charge in [-0.2, -0.15) is 0 Å². The van der Waals surface area contributed by atoms with E-state index in [2.05, 4.69) is 20.8 Å². The average Bonchev–Trinajstić information content (AvgIpc) is 3.08. The highest BCUT2D eigenvalue weighted by Crippen LogP contribution is 2.68. The molecule has 0 aromatic heterocycles. The molecule has 0 spiro atoms. The van der Waals surface area contributed by atoms with Crippen molar-refractivity contribution in [3.8, 4) is 0 Å². The first-order chi connectivity index (χ1) is 15.1. The first kappa shape index (κ1) is 23.0. The Labute approximate surface area is 192 Å². The summed E-state index contributed by atoms with van der Waals surface area (Å²) >= 11 is 0. The number of hydrogen-bond donors (Lipinski definition) is 0. The third-order valence-corrected chi connectivity index (χ3v) is 10.3. The van der Waals surface area contributed by atoms with E-state index in [9.17, 15) is 13.2 Å². The van der Waals surface area contributed by atoms with Crippen LogP contribution in [-0.2, 0) is 19.4 Å². The monoisotopic (exact) mass is 454 g/mol. The molecule has 2 saturated carbocycles. The molecule has 2 aliphatic carbocycles. The molecule has 172 valence electrons. The summed E-state index contributed by atoms with van der Waals surface area (Å²) in [4.78, 5) is 13.4. The van der Waals surface area contributed by atoms with Gasteiger partial charge in [-0.3, -0.25) is 4.79 Å². The van der Waals surface area contributed by atoms with Crippen molar-refractivity contribution < 1.29 is 17.9 Å². The Balaban J connectivity index is 1.56. The van der Waals surface area contributed by atoms with E-state index in [1.54, 1.807) is 24.3 Å². The molecule has 0 N–H and O–H groups in total. The lowest BCUT2D eigenvalue weighted by molar-refractivity contribution is -0.160. The Morgan fingerprint density at radius 1 is 1.03 bits per heavy atom. The highest BCUT2D eigenvalue weighted by Gasteiger charge is 2.68. The highest BCUT2D eigenvalue weighted by atomic mass is 32.2. The maximum Gasteiger partial charge on any atom is 0.306 e. The van der Waals surface area contributed by atoms with Gasteiger partial charge in [0.25, 0.3) is 0 Å². The molecule has 5 atom stereocenters. The van der Waals surface area contributed by atoms with Crippen molar-refractivity contribution in [3.05, 3.63) is 66.2 Å². The van der Waals surface area contributed by atoms with Crippen LogP contribution in [0.25, 0.3) is 0 Å². The summed E-state index contributed by atoms with van der Waals surface area (Å²) in [5, 5.41) is 0. The minimum atomic E-state index is -3.47. The quantitative estimate of drug-likeness (QED) is 0.508. The molecule has 0 amide bonds. The van der Waals surface area contributed by atoms with E-state index in [0.717, 1.165) is 18.4 Å². The summed E-state index contributed by atoms with van der Waals surface area (Å²) in [5.74, 6) is -0.139. The van der Waals surface area contributed by atoms with Gasteiger partial charge in [0, 0.05) is 11.3 Å². The largest absolute Gasteiger partial charge is 0.461 e. The normalized spacial score (nSPS) is 29.6. The van der Waals surface area contributed by atoms with E-state index in [4.69, 9.17) is 4.74 Å². The Morgan fingerprint density at radius 3 is 2.25 bits per heavy atom. The minimum absolute atomic E-state index is 0.0207. The molecule has 32 heavy (non-hydrogen) atoms. The molecule has 0 radical (unpaired) electrons. The topological polar surface area (TPSA) is 60.4 Å². The lowest BCUT2D eigenvalue weighted by Gasteiger charge is -2.39. The molecular weight excluding hydrogens is 420 g/mol. The van der Waals surface area contributed by atoms with Gasteiger partial charge in [-0.25, -0.2) is 8.42 Å². The zero-order valence-electron chi connectivity index (χ0n) is 19.5. The van der Waals surface area contributed by atoms with Crippen molar-refractivity contribution in [3.63, 3.8) is 0 Å². The van der Waals surface area contributed by atoms with Crippen molar-refractivity contribution in [2.75, 3.05) is 5.75 Å². The summed E-state index contributed by atoms with van der Waals surface area (Å²) in [7, 11) is -3.47. The van der Waals surface area contributed by atoms with E-state index >= 15 is 0 Å². The Hall–Kier alpha value is -2.14. The van der Waals surface area contributed by atoms with Gasteiger partial charge >= 0.3 is 5.97 Å². The number of ether oxygens (including phenoxy) is 1. The highest BCUT2D eigenvalue weighted by molar-refractivity contribution is 7.91. The third-order valence-electron chi connectivity index (χ3n) is 8.52. The first-order valence-corrected chi connectivity index (χ1v) is 13.2. The van der Waals surface area contributed by atoms with Gasteiger partial charge in [-0.15, -0.1) is 0 Å². The minimum Gasteiger partial charge on any atom is -0.461 e. The molecule has 5 heteroatoms. The summed E-state index contributed by atoms with van der Waals surface area (Å²) in [6.45, 7) is 8.64. The van der Waals surface area contributed by atoms with Gasteiger partial charge in [0.15, 0.2) is 9.84 Å². The number of rotatable bonds is 7. The van der Waals surface area contributed by atoms with Crippen LogP contribution < -0.4 is 0 Å². The van der Waals surface area contributed by atoms with E-state index in [0.29, 0.717) is 11.3 Å². The molecule has 0 heterocycles. The van der Waals surface area contributed by atoms with E-state index in [1.165, 1.54) is 0 Å². The molecular formula is C27H34O4S. The summed E-state index contributed by atoms with van der Waals surface area (Å²) in [5.41, 5.74) is 0.798. The number of carbonyl (C=O) groups is 1. The first-order valence-electron chi connectivity index (χ1n) is 11.6. The van der Waals surface area contributed by atoms with Crippen LogP contribution in [0.3, 0.4) is 0 Å². The lowest BCUT2D eigenvalue weighted by atomic mass is 9.70. The van der Waals surface area contributed by atoms with Crippen LogP contribution >= 0.6 is 0 Å². The molecule has 2 fully saturated rings. The van der Waals surface area contributed by atoms with E-state index in [-0.39, 0.29) is 46.4 Å². The van der Waals surface area contributed by atoms with Gasteiger partial charge in [0.2, 0.25) is 0 Å². The molecule has 0 aliphatic heterocycles. The number of sulfone groups is 1. The van der Waals surface area contributed by atoms with Crippen molar-refractivity contribution in [2.45, 2.75) is 63.9 Å². The van der Waals surface area contributed by atoms with Gasteiger partial charge in [-0.05, 0) is 47.8 Å². The Kier molecular flexibility index (Phi) is 6.00. The molecule has 2 aliphatic rings. The maximum absolute atomic E-state index is 13.2. The van der Waals surface area contributed by atoms with E-state index in [1.807, 2.05) is 43.3 Å². The van der Waals surface area contributed by atoms with Crippen LogP contribution in [-0.4, -0.2) is 26.2 Å². The van der Waals surface area contributed by atoms with Crippen molar-refractivity contribution in [1.29, 1.82) is 0 Å². The van der Waals surface area contributed by atoms with Gasteiger partial charge in [-0.1, -0.05) is 76.2 Å². The van der Waals surface area contributed by atoms with Gasteiger partial charge < -0.3 is 4.74 Å². The summed E-state index contributed by atoms with van der Waals surface area (Å²) in [6, 6.07) is 18.6. The van der Waals surface area contributed by atoms with Gasteiger partial charge in [0.1, 0.15) is 6.10 Å². The fraction of sp³-hybridized carbons (Fsp3) is 0.519. The summed E-state index contributed by atoms with van der Waals surface area (Å²) < 4.78 is 32.6. The second-order valence-corrected chi connectivity index (χ2v) is 12.5. The third kappa shape index (κ3) is 3.89. The predicted octanol–water partition coefficient (Wildman–Crippen LogP) is 5.64. The summed E-state index contributed by atoms with van der Waals surface area (Å²) in [6.07, 6.45) is 1.84. The van der Waals surface area contributed by atoms with Crippen LogP contribution in [0, 0.1) is 22.7 Å². The smallest absolute Gasteiger partial charge is 0.306 e. The zero-order valence-corrected chi connectivity index (χ0v) is 20.3. The second kappa shape index (κ2) is 8.33. The van der Waals surface area contributed by atoms with Crippen LogP contribution in [0.1, 0.15) is 58.4 Å². The number of hydrogen-bond acceptors (Lipinski definition) is 4. The van der Waals surface area contributed by atoms with Crippen LogP contribution in [0.15, 0.2) is 65.6 Å². The second-order valence-electron chi connectivity index (χ2n) is 10.5. The maximum atomic E-state index is 13.2. The predicted molar refractivity (Wildman–Crippen MR) is 126 cm³/mol. The molecule has 2 aromatic carbocycles. The standard InChI is InChI=1S/C27H34O4S/c1-19(20-11-7-5-8-12-20)17-24(28)31-25-22(23-15-16-27(25,4)26(23,2)3)18-32(29,30)21-13-9-6-10-14-21/h5-14,19,22-23,25H,15-18H2,1-4H3/t19-,22+,23+,25+,27-/m0/s1. The Bertz CT molecular complexity index is 1060. The van der Waals surface area contributed by atoms with Crippen molar-refractivity contribution >= 4 is 15.8 Å². The lowest BCUT2D eigenvalue weighted by Crippen LogP contribution is -2.43. The van der Waals surface area contributed by atoms with E-state index < -0.39 is 9.84 Å². The molecule has 2 aromatic rings. The average molecular weight is 455 g/mol. The SMILES string of the molecule is C[C@@H](CC(=O)O[C@@H]1[C@H](CS(=O)(=O)c2ccccc2)[C@H]2CC[C@]1(C)C2(C)C)c1ccccc1. The molecule has 0 saturated heterocycles. The molecule has 0 unspecified atom stereocenters.